The number of halogens is 1. The Bertz CT molecular complexity index is 487. The number of rotatable bonds is 4. The van der Waals surface area contributed by atoms with Crippen molar-refractivity contribution in [3.05, 3.63) is 35.4 Å². The molecule has 0 fully saturated rings. The van der Waals surface area contributed by atoms with E-state index in [9.17, 15) is 0 Å². The third kappa shape index (κ3) is 3.03. The Morgan fingerprint density at radius 3 is 2.59 bits per heavy atom. The molecule has 2 aromatic heterocycles. The minimum atomic E-state index is 0.625. The smallest absolute Gasteiger partial charge is 0.216 e. The fraction of sp³-hybridized carbons (Fsp3) is 0.417. The molecule has 4 nitrogen and oxygen atoms in total. The van der Waals surface area contributed by atoms with Crippen LogP contribution in [-0.2, 0) is 6.42 Å². The predicted octanol–water partition coefficient (Wildman–Crippen LogP) is 2.45. The number of aryl methyl sites for hydroxylation is 3. The van der Waals surface area contributed by atoms with Crippen LogP contribution in [0.25, 0.3) is 5.95 Å². The lowest BCUT2D eigenvalue weighted by Crippen LogP contribution is -2.03. The molecular weight excluding hydrogens is 236 g/mol. The first-order chi connectivity index (χ1) is 8.19. The van der Waals surface area contributed by atoms with Gasteiger partial charge in [-0.1, -0.05) is 0 Å². The van der Waals surface area contributed by atoms with Gasteiger partial charge >= 0.3 is 0 Å². The Kier molecular flexibility index (Phi) is 3.74. The van der Waals surface area contributed by atoms with E-state index < -0.39 is 0 Å². The minimum Gasteiger partial charge on any atom is -0.216 e. The lowest BCUT2D eigenvalue weighted by Gasteiger charge is -2.02. The van der Waals surface area contributed by atoms with Crippen LogP contribution in [0, 0.1) is 13.8 Å². The molecule has 17 heavy (non-hydrogen) atoms. The average molecular weight is 251 g/mol. The molecule has 0 aliphatic carbocycles. The van der Waals surface area contributed by atoms with E-state index in [0.717, 1.165) is 29.8 Å². The van der Waals surface area contributed by atoms with Gasteiger partial charge in [0.05, 0.1) is 6.20 Å². The van der Waals surface area contributed by atoms with Crippen molar-refractivity contribution in [3.63, 3.8) is 0 Å². The van der Waals surface area contributed by atoms with Gasteiger partial charge in [0.2, 0.25) is 0 Å². The summed E-state index contributed by atoms with van der Waals surface area (Å²) < 4.78 is 1.71. The third-order valence-corrected chi connectivity index (χ3v) is 2.68. The SMILES string of the molecule is Cc1cc(C)nc(-n2cc(CCCCl)cn2)n1. The maximum atomic E-state index is 5.66. The zero-order valence-electron chi connectivity index (χ0n) is 10.0. The highest BCUT2D eigenvalue weighted by Crippen LogP contribution is 2.08. The molecule has 0 aliphatic heterocycles. The van der Waals surface area contributed by atoms with Crippen LogP contribution in [0.2, 0.25) is 0 Å². The molecule has 90 valence electrons. The standard InChI is InChI=1S/C12H15ClN4/c1-9-6-10(2)16-12(15-9)17-8-11(7-14-17)4-3-5-13/h6-8H,3-5H2,1-2H3. The van der Waals surface area contributed by atoms with Crippen molar-refractivity contribution in [3.8, 4) is 5.95 Å². The van der Waals surface area contributed by atoms with Crippen LogP contribution in [0.1, 0.15) is 23.4 Å². The van der Waals surface area contributed by atoms with Crippen molar-refractivity contribution in [2.24, 2.45) is 0 Å². The Morgan fingerprint density at radius 1 is 1.24 bits per heavy atom. The van der Waals surface area contributed by atoms with E-state index in [0.29, 0.717) is 11.8 Å². The number of aromatic nitrogens is 4. The number of nitrogens with zero attached hydrogens (tertiary/aromatic N) is 4. The highest BCUT2D eigenvalue weighted by atomic mass is 35.5. The molecule has 0 unspecified atom stereocenters. The maximum absolute atomic E-state index is 5.66. The molecule has 0 saturated carbocycles. The molecule has 5 heteroatoms. The second-order valence-electron chi connectivity index (χ2n) is 4.04. The Balaban J connectivity index is 2.24. The lowest BCUT2D eigenvalue weighted by atomic mass is 10.2. The van der Waals surface area contributed by atoms with Gasteiger partial charge in [0.1, 0.15) is 0 Å². The lowest BCUT2D eigenvalue weighted by molar-refractivity contribution is 0.792. The molecule has 2 rings (SSSR count). The first-order valence-corrected chi connectivity index (χ1v) is 6.14. The summed E-state index contributed by atoms with van der Waals surface area (Å²) in [6, 6.07) is 1.95. The highest BCUT2D eigenvalue weighted by molar-refractivity contribution is 6.17. The Hall–Kier alpha value is -1.42. The first-order valence-electron chi connectivity index (χ1n) is 5.61. The Labute approximate surface area is 106 Å². The van der Waals surface area contributed by atoms with Crippen molar-refractivity contribution in [2.45, 2.75) is 26.7 Å². The van der Waals surface area contributed by atoms with Crippen molar-refractivity contribution < 1.29 is 0 Å². The van der Waals surface area contributed by atoms with Crippen molar-refractivity contribution >= 4 is 11.6 Å². The second kappa shape index (κ2) is 5.27. The van der Waals surface area contributed by atoms with Crippen molar-refractivity contribution in [1.82, 2.24) is 19.7 Å². The third-order valence-electron chi connectivity index (χ3n) is 2.41. The van der Waals surface area contributed by atoms with Crippen LogP contribution in [0.3, 0.4) is 0 Å². The van der Waals surface area contributed by atoms with E-state index in [2.05, 4.69) is 15.1 Å². The van der Waals surface area contributed by atoms with Crippen LogP contribution in [0.15, 0.2) is 18.5 Å². The highest BCUT2D eigenvalue weighted by Gasteiger charge is 2.04. The molecule has 0 N–H and O–H groups in total. The first kappa shape index (κ1) is 12.0. The normalized spacial score (nSPS) is 10.8. The van der Waals surface area contributed by atoms with Gasteiger partial charge in [-0.25, -0.2) is 14.6 Å². The van der Waals surface area contributed by atoms with Gasteiger partial charge in [0.25, 0.3) is 5.95 Å². The largest absolute Gasteiger partial charge is 0.250 e. The zero-order valence-corrected chi connectivity index (χ0v) is 10.8. The van der Waals surface area contributed by atoms with Gasteiger partial charge in [0, 0.05) is 23.5 Å². The summed E-state index contributed by atoms with van der Waals surface area (Å²) in [5.74, 6) is 1.30. The van der Waals surface area contributed by atoms with E-state index in [-0.39, 0.29) is 0 Å². The molecule has 0 aliphatic rings. The number of alkyl halides is 1. The van der Waals surface area contributed by atoms with E-state index in [1.165, 1.54) is 0 Å². The van der Waals surface area contributed by atoms with Gasteiger partial charge in [-0.15, -0.1) is 11.6 Å². The van der Waals surface area contributed by atoms with Gasteiger partial charge in [-0.3, -0.25) is 0 Å². The molecule has 2 aromatic rings. The van der Waals surface area contributed by atoms with Crippen LogP contribution in [0.4, 0.5) is 0 Å². The van der Waals surface area contributed by atoms with Gasteiger partial charge in [-0.05, 0) is 38.3 Å². The average Bonchev–Trinajstić information content (AvgIpc) is 2.73. The monoisotopic (exact) mass is 250 g/mol. The Morgan fingerprint density at radius 2 is 1.94 bits per heavy atom. The van der Waals surface area contributed by atoms with E-state index in [1.54, 1.807) is 4.68 Å². The number of hydrogen-bond acceptors (Lipinski definition) is 3. The van der Waals surface area contributed by atoms with E-state index in [4.69, 9.17) is 11.6 Å². The summed E-state index contributed by atoms with van der Waals surface area (Å²) in [5, 5.41) is 4.27. The maximum Gasteiger partial charge on any atom is 0.250 e. The van der Waals surface area contributed by atoms with Crippen LogP contribution in [-0.4, -0.2) is 25.6 Å². The number of hydrogen-bond donors (Lipinski definition) is 0. The van der Waals surface area contributed by atoms with Crippen molar-refractivity contribution in [1.29, 1.82) is 0 Å². The minimum absolute atomic E-state index is 0.625. The molecular formula is C12H15ClN4. The predicted molar refractivity (Wildman–Crippen MR) is 67.7 cm³/mol. The van der Waals surface area contributed by atoms with Gasteiger partial charge in [-0.2, -0.15) is 5.10 Å². The van der Waals surface area contributed by atoms with Crippen LogP contribution in [0.5, 0.6) is 0 Å². The van der Waals surface area contributed by atoms with E-state index >= 15 is 0 Å². The summed E-state index contributed by atoms with van der Waals surface area (Å²) in [4.78, 5) is 8.72. The topological polar surface area (TPSA) is 43.6 Å². The fourth-order valence-electron chi connectivity index (χ4n) is 1.68. The molecule has 0 amide bonds. The summed E-state index contributed by atoms with van der Waals surface area (Å²) in [7, 11) is 0. The van der Waals surface area contributed by atoms with Crippen molar-refractivity contribution in [2.75, 3.05) is 5.88 Å². The second-order valence-corrected chi connectivity index (χ2v) is 4.41. The van der Waals surface area contributed by atoms with Gasteiger partial charge in [0.15, 0.2) is 0 Å². The zero-order chi connectivity index (χ0) is 12.3. The molecule has 2 heterocycles. The quantitative estimate of drug-likeness (QED) is 0.783. The summed E-state index contributed by atoms with van der Waals surface area (Å²) >= 11 is 5.66. The molecule has 0 bridgehead atoms. The van der Waals surface area contributed by atoms with Gasteiger partial charge < -0.3 is 0 Å². The molecule has 0 aromatic carbocycles. The molecule has 0 saturated heterocycles. The van der Waals surface area contributed by atoms with Crippen LogP contribution >= 0.6 is 11.6 Å². The molecule has 0 radical (unpaired) electrons. The summed E-state index contributed by atoms with van der Waals surface area (Å²) in [5.41, 5.74) is 3.06. The molecule has 0 spiro atoms. The van der Waals surface area contributed by atoms with Crippen LogP contribution < -0.4 is 0 Å². The summed E-state index contributed by atoms with van der Waals surface area (Å²) in [6.45, 7) is 3.91. The summed E-state index contributed by atoms with van der Waals surface area (Å²) in [6.07, 6.45) is 5.70. The van der Waals surface area contributed by atoms with E-state index in [1.807, 2.05) is 32.3 Å². The molecule has 0 atom stereocenters. The fourth-order valence-corrected chi connectivity index (χ4v) is 1.81.